The number of amides is 1. The van der Waals surface area contributed by atoms with Crippen molar-refractivity contribution in [2.45, 2.75) is 64.1 Å². The fourth-order valence-electron chi connectivity index (χ4n) is 6.89. The largest absolute Gasteiger partial charge is 0.497 e. The number of hydrogen-bond acceptors (Lipinski definition) is 5. The van der Waals surface area contributed by atoms with Crippen LogP contribution < -0.4 is 20.7 Å². The lowest BCUT2D eigenvalue weighted by Crippen LogP contribution is -2.60. The number of benzene rings is 2. The summed E-state index contributed by atoms with van der Waals surface area (Å²) in [6, 6.07) is 6.90. The number of carbonyl (C=O) groups excluding carboxylic acids is 1. The number of methoxy groups -OCH3 is 1. The van der Waals surface area contributed by atoms with Crippen LogP contribution in [0.15, 0.2) is 61.3 Å². The second-order valence-electron chi connectivity index (χ2n) is 13.7. The molecule has 14 heteroatoms. The van der Waals surface area contributed by atoms with E-state index in [1.807, 2.05) is 30.3 Å². The average molecular weight is 708 g/mol. The molecular weight excluding hydrogens is 668 g/mol. The highest BCUT2D eigenvalue weighted by Gasteiger charge is 2.45. The standard InChI is InChI=1S/C35H39F6N5O2S/c1-6-19-18-46-12-10-20(19)13-28(46)29(25-9-11-42-27-8-7-24(48-5)17-26(25)27)44-31(47)30(33(2,3)4)45-32(49)43-23-15-21(34(36,37)38)14-22(16-23)35(39,40)41/h6-9,11,14-17,19-20,28-30H,1,10,12-13,18H2,2-5H3,(H,44,47)(H2,43,45,49)/t19-,20-,28-,29-,30+/m0/s1. The van der Waals surface area contributed by atoms with Gasteiger partial charge in [0.25, 0.3) is 0 Å². The van der Waals surface area contributed by atoms with Crippen LogP contribution in [-0.4, -0.2) is 53.2 Å². The van der Waals surface area contributed by atoms with Gasteiger partial charge in [-0.3, -0.25) is 14.7 Å². The first-order valence-electron chi connectivity index (χ1n) is 15.9. The Hall–Kier alpha value is -3.91. The molecule has 3 aliphatic rings. The number of piperidine rings is 3. The molecule has 1 amide bonds. The second-order valence-corrected chi connectivity index (χ2v) is 14.1. The highest BCUT2D eigenvalue weighted by atomic mass is 32.1. The number of alkyl halides is 6. The van der Waals surface area contributed by atoms with Gasteiger partial charge in [-0.05, 0) is 96.9 Å². The van der Waals surface area contributed by atoms with Crippen LogP contribution in [0.2, 0.25) is 0 Å². The minimum absolute atomic E-state index is 0.0385. The van der Waals surface area contributed by atoms with E-state index in [0.29, 0.717) is 35.2 Å². The summed E-state index contributed by atoms with van der Waals surface area (Å²) in [6.07, 6.45) is -4.57. The number of anilines is 1. The number of rotatable bonds is 8. The smallest absolute Gasteiger partial charge is 0.416 e. The lowest BCUT2D eigenvalue weighted by Gasteiger charge is -2.52. The van der Waals surface area contributed by atoms with Crippen LogP contribution in [0.1, 0.15) is 56.3 Å². The van der Waals surface area contributed by atoms with E-state index in [2.05, 4.69) is 32.4 Å². The number of ether oxygens (including phenoxy) is 1. The minimum Gasteiger partial charge on any atom is -0.497 e. The van der Waals surface area contributed by atoms with E-state index in [1.165, 1.54) is 0 Å². The first-order valence-corrected chi connectivity index (χ1v) is 16.3. The summed E-state index contributed by atoms with van der Waals surface area (Å²) in [7, 11) is 1.57. The van der Waals surface area contributed by atoms with Crippen LogP contribution in [0.5, 0.6) is 5.75 Å². The fourth-order valence-corrected chi connectivity index (χ4v) is 7.12. The highest BCUT2D eigenvalue weighted by Crippen LogP contribution is 2.43. The molecule has 3 fully saturated rings. The Kier molecular flexibility index (Phi) is 10.2. The van der Waals surface area contributed by atoms with Crippen molar-refractivity contribution in [2.75, 3.05) is 25.5 Å². The van der Waals surface area contributed by atoms with Crippen LogP contribution >= 0.6 is 12.2 Å². The zero-order valence-corrected chi connectivity index (χ0v) is 28.3. The van der Waals surface area contributed by atoms with Crippen LogP contribution in [0, 0.1) is 17.3 Å². The first-order chi connectivity index (χ1) is 22.9. The van der Waals surface area contributed by atoms with Crippen molar-refractivity contribution in [3.63, 3.8) is 0 Å². The Balaban J connectivity index is 1.47. The first kappa shape index (κ1) is 36.4. The summed E-state index contributed by atoms with van der Waals surface area (Å²) in [5, 5.41) is 9.07. The summed E-state index contributed by atoms with van der Waals surface area (Å²) in [5.41, 5.74) is -2.75. The Morgan fingerprint density at radius 3 is 2.27 bits per heavy atom. The zero-order chi connectivity index (χ0) is 35.9. The van der Waals surface area contributed by atoms with E-state index >= 15 is 0 Å². The van der Waals surface area contributed by atoms with Crippen molar-refractivity contribution in [3.8, 4) is 5.75 Å². The van der Waals surface area contributed by atoms with Crippen LogP contribution in [0.25, 0.3) is 10.9 Å². The number of nitrogens with one attached hydrogen (secondary N) is 3. The number of nitrogens with zero attached hydrogens (tertiary/aromatic N) is 2. The molecule has 2 bridgehead atoms. The fraction of sp³-hybridized carbons (Fsp3) is 0.457. The van der Waals surface area contributed by atoms with Gasteiger partial charge in [0.1, 0.15) is 11.8 Å². The number of fused-ring (bicyclic) bond motifs is 4. The number of carbonyl (C=O) groups is 1. The molecule has 0 saturated carbocycles. The summed E-state index contributed by atoms with van der Waals surface area (Å²) < 4.78 is 86.4. The van der Waals surface area contributed by atoms with Crippen LogP contribution in [0.3, 0.4) is 0 Å². The monoisotopic (exact) mass is 707 g/mol. The Labute approximate surface area is 286 Å². The number of thiocarbonyl (C=S) groups is 1. The summed E-state index contributed by atoms with van der Waals surface area (Å²) >= 11 is 5.36. The molecule has 1 unspecified atom stereocenters. The van der Waals surface area contributed by atoms with Crippen molar-refractivity contribution in [3.05, 3.63) is 78.0 Å². The van der Waals surface area contributed by atoms with E-state index < -0.39 is 52.6 Å². The van der Waals surface area contributed by atoms with Gasteiger partial charge in [0.2, 0.25) is 5.91 Å². The predicted molar refractivity (Wildman–Crippen MR) is 180 cm³/mol. The van der Waals surface area contributed by atoms with Gasteiger partial charge in [-0.2, -0.15) is 26.3 Å². The molecule has 264 valence electrons. The molecule has 49 heavy (non-hydrogen) atoms. The van der Waals surface area contributed by atoms with Crippen molar-refractivity contribution in [2.24, 2.45) is 17.3 Å². The van der Waals surface area contributed by atoms with E-state index in [-0.39, 0.29) is 17.2 Å². The number of halogens is 6. The average Bonchev–Trinajstić information content (AvgIpc) is 3.04. The second kappa shape index (κ2) is 13.8. The summed E-state index contributed by atoms with van der Waals surface area (Å²) in [6.45, 7) is 11.0. The maximum absolute atomic E-state index is 14.3. The highest BCUT2D eigenvalue weighted by molar-refractivity contribution is 7.80. The van der Waals surface area contributed by atoms with Gasteiger partial charge in [0, 0.05) is 29.9 Å². The van der Waals surface area contributed by atoms with Crippen LogP contribution in [-0.2, 0) is 17.1 Å². The van der Waals surface area contributed by atoms with Gasteiger partial charge in [-0.15, -0.1) is 6.58 Å². The molecule has 1 aromatic heterocycles. The molecule has 2 aromatic carbocycles. The quantitative estimate of drug-likeness (QED) is 0.126. The molecule has 0 spiro atoms. The molecule has 3 saturated heterocycles. The Bertz CT molecular complexity index is 1690. The number of hydrogen-bond donors (Lipinski definition) is 3. The topological polar surface area (TPSA) is 78.5 Å². The third-order valence-corrected chi connectivity index (χ3v) is 9.62. The van der Waals surface area contributed by atoms with Gasteiger partial charge < -0.3 is 20.7 Å². The molecule has 0 radical (unpaired) electrons. The Morgan fingerprint density at radius 1 is 1.04 bits per heavy atom. The maximum atomic E-state index is 14.3. The molecule has 6 atom stereocenters. The van der Waals surface area contributed by atoms with E-state index in [9.17, 15) is 31.1 Å². The lowest BCUT2D eigenvalue weighted by atomic mass is 9.73. The predicted octanol–water partition coefficient (Wildman–Crippen LogP) is 7.74. The normalized spacial score (nSPS) is 22.2. The van der Waals surface area contributed by atoms with Crippen molar-refractivity contribution < 1.29 is 35.9 Å². The summed E-state index contributed by atoms with van der Waals surface area (Å²) in [4.78, 5) is 21.2. The zero-order valence-electron chi connectivity index (χ0n) is 27.5. The van der Waals surface area contributed by atoms with E-state index in [1.54, 1.807) is 34.1 Å². The molecule has 0 aliphatic carbocycles. The van der Waals surface area contributed by atoms with E-state index in [0.717, 1.165) is 36.9 Å². The molecule has 4 heterocycles. The van der Waals surface area contributed by atoms with Gasteiger partial charge in [0.05, 0.1) is 29.8 Å². The van der Waals surface area contributed by atoms with Crippen LogP contribution in [0.4, 0.5) is 32.0 Å². The minimum atomic E-state index is -5.03. The van der Waals surface area contributed by atoms with Gasteiger partial charge in [0.15, 0.2) is 5.11 Å². The van der Waals surface area contributed by atoms with Crippen molar-refractivity contribution in [1.82, 2.24) is 20.5 Å². The van der Waals surface area contributed by atoms with Gasteiger partial charge >= 0.3 is 12.4 Å². The van der Waals surface area contributed by atoms with Crippen molar-refractivity contribution in [1.29, 1.82) is 0 Å². The maximum Gasteiger partial charge on any atom is 0.416 e. The number of aromatic nitrogens is 1. The van der Waals surface area contributed by atoms with Gasteiger partial charge in [-0.1, -0.05) is 26.8 Å². The van der Waals surface area contributed by atoms with Crippen molar-refractivity contribution >= 4 is 39.8 Å². The third kappa shape index (κ3) is 8.12. The Morgan fingerprint density at radius 2 is 1.71 bits per heavy atom. The molecular formula is C35H39F6N5O2S. The molecule has 7 nitrogen and oxygen atoms in total. The molecule has 3 aromatic rings. The SMILES string of the molecule is C=C[C@H]1CN2CC[C@H]1C[C@H]2[C@@H](NC(=O)[C@@H](NC(=S)Nc1cc(C(F)(F)F)cc(C(F)(F)F)c1)C(C)(C)C)c1ccnc2ccc(OC)cc12. The molecule has 6 rings (SSSR count). The summed E-state index contributed by atoms with van der Waals surface area (Å²) in [5.74, 6) is 0.893. The number of pyridine rings is 1. The molecule has 3 N–H and O–H groups in total. The van der Waals surface area contributed by atoms with E-state index in [4.69, 9.17) is 17.0 Å². The lowest BCUT2D eigenvalue weighted by molar-refractivity contribution is -0.143. The van der Waals surface area contributed by atoms with Gasteiger partial charge in [-0.25, -0.2) is 0 Å². The molecule has 3 aliphatic heterocycles. The third-order valence-electron chi connectivity index (χ3n) is 9.40.